The topological polar surface area (TPSA) is 65.0 Å². The van der Waals surface area contributed by atoms with Gasteiger partial charge in [-0.3, -0.25) is 0 Å². The monoisotopic (exact) mass is 232 g/mol. The predicted molar refractivity (Wildman–Crippen MR) is 22.9 cm³/mol. The minimum absolute atomic E-state index is 0.0796. The first-order chi connectivity index (χ1) is 3.81. The van der Waals surface area contributed by atoms with Crippen molar-refractivity contribution in [3.8, 4) is 0 Å². The molecule has 5 nitrogen and oxygen atoms in total. The Balaban J connectivity index is 2.97. The van der Waals surface area contributed by atoms with Gasteiger partial charge in [0.25, 0.3) is 0 Å². The van der Waals surface area contributed by atoms with Crippen molar-refractivity contribution >= 4 is 0 Å². The SMILES string of the molecule is CON([O-])[I-]CN=O. The van der Waals surface area contributed by atoms with Crippen LogP contribution in [0.5, 0.6) is 0 Å². The molecule has 0 aliphatic heterocycles. The van der Waals surface area contributed by atoms with Gasteiger partial charge in [0, 0.05) is 0 Å². The molecule has 0 fully saturated rings. The second-order valence-electron chi connectivity index (χ2n) is 0.763. The summed E-state index contributed by atoms with van der Waals surface area (Å²) in [7, 11) is 1.26. The van der Waals surface area contributed by atoms with Gasteiger partial charge in [-0.15, -0.1) is 0 Å². The van der Waals surface area contributed by atoms with E-state index in [4.69, 9.17) is 0 Å². The van der Waals surface area contributed by atoms with Gasteiger partial charge in [-0.1, -0.05) is 0 Å². The van der Waals surface area contributed by atoms with Crippen LogP contribution in [0.25, 0.3) is 0 Å². The van der Waals surface area contributed by atoms with Crippen molar-refractivity contribution in [2.24, 2.45) is 5.18 Å². The number of hydrogen-bond acceptors (Lipinski definition) is 5. The summed E-state index contributed by atoms with van der Waals surface area (Å²) < 4.78 is 0.483. The van der Waals surface area contributed by atoms with Gasteiger partial charge in [0.15, 0.2) is 0 Å². The Labute approximate surface area is 57.1 Å². The third-order valence-electron chi connectivity index (χ3n) is 0.343. The first-order valence-electron chi connectivity index (χ1n) is 1.71. The molecule has 0 bridgehead atoms. The number of nitroso groups, excluding NO2 is 1. The van der Waals surface area contributed by atoms with Gasteiger partial charge in [-0.25, -0.2) is 0 Å². The molecule has 0 N–H and O–H groups in total. The van der Waals surface area contributed by atoms with E-state index in [9.17, 15) is 10.1 Å². The summed E-state index contributed by atoms with van der Waals surface area (Å²) in [6, 6.07) is 0. The van der Waals surface area contributed by atoms with Gasteiger partial charge in [0.2, 0.25) is 0 Å². The molecule has 0 heterocycles. The standard InChI is InChI=1S/C2H5IN2O3/c1-8-5(7)3-2-4-6/h2H2,1H3/q-2. The molecule has 0 rings (SSSR count). The molecule has 0 spiro atoms. The number of nitrogens with zero attached hydrogens (tertiary/aromatic N) is 2. The third-order valence-corrected chi connectivity index (χ3v) is 1.88. The van der Waals surface area contributed by atoms with Crippen LogP contribution in [-0.2, 0) is 4.84 Å². The van der Waals surface area contributed by atoms with Crippen molar-refractivity contribution in [3.05, 3.63) is 10.1 Å². The second kappa shape index (κ2) is 5.35. The molecule has 6 heteroatoms. The fraction of sp³-hybridized carbons (Fsp3) is 1.00. The van der Waals surface area contributed by atoms with Crippen molar-refractivity contribution < 1.29 is 26.3 Å². The van der Waals surface area contributed by atoms with Gasteiger partial charge >= 0.3 is 56.7 Å². The zero-order chi connectivity index (χ0) is 6.41. The van der Waals surface area contributed by atoms with Gasteiger partial charge in [-0.05, 0) is 0 Å². The Morgan fingerprint density at radius 3 is 3.00 bits per heavy atom. The van der Waals surface area contributed by atoms with Crippen molar-refractivity contribution in [1.29, 1.82) is 0 Å². The average Bonchev–Trinajstić information content (AvgIpc) is 1.83. The minimum atomic E-state index is -0.862. The van der Waals surface area contributed by atoms with Crippen LogP contribution in [0.1, 0.15) is 0 Å². The maximum atomic E-state index is 10.1. The Morgan fingerprint density at radius 2 is 2.62 bits per heavy atom. The van der Waals surface area contributed by atoms with Crippen molar-refractivity contribution in [2.45, 2.75) is 0 Å². The van der Waals surface area contributed by atoms with E-state index >= 15 is 0 Å². The quantitative estimate of drug-likeness (QED) is 0.130. The van der Waals surface area contributed by atoms with E-state index < -0.39 is 21.5 Å². The predicted octanol–water partition coefficient (Wildman–Crippen LogP) is -2.92. The third kappa shape index (κ3) is 4.37. The fourth-order valence-electron chi connectivity index (χ4n) is 0.114. The fourth-order valence-corrected chi connectivity index (χ4v) is 0.766. The van der Waals surface area contributed by atoms with Gasteiger partial charge in [0.05, 0.1) is 0 Å². The molecule has 0 aromatic heterocycles. The number of hydrogen-bond donors (Lipinski definition) is 0. The average molecular weight is 232 g/mol. The van der Waals surface area contributed by atoms with E-state index in [1.807, 2.05) is 0 Å². The second-order valence-corrected chi connectivity index (χ2v) is 2.92. The summed E-state index contributed by atoms with van der Waals surface area (Å²) in [5.74, 6) is 0. The molecule has 0 saturated carbocycles. The molecule has 0 saturated heterocycles. The Morgan fingerprint density at radius 1 is 2.00 bits per heavy atom. The summed E-state index contributed by atoms with van der Waals surface area (Å²) in [6.07, 6.45) is 0. The van der Waals surface area contributed by atoms with Crippen molar-refractivity contribution in [3.63, 3.8) is 0 Å². The molecule has 0 aliphatic rings. The van der Waals surface area contributed by atoms with Crippen LogP contribution in [0.3, 0.4) is 0 Å². The summed E-state index contributed by atoms with van der Waals surface area (Å²) >= 11 is -0.862. The summed E-state index contributed by atoms with van der Waals surface area (Å²) in [5.41, 5.74) is 0. The molecule has 0 atom stereocenters. The van der Waals surface area contributed by atoms with Crippen LogP contribution in [0, 0.1) is 10.1 Å². The molecule has 8 heavy (non-hydrogen) atoms. The Bertz CT molecular complexity index is 70.3. The van der Waals surface area contributed by atoms with E-state index in [2.05, 4.69) is 10.0 Å². The van der Waals surface area contributed by atoms with E-state index in [-0.39, 0.29) is 4.55 Å². The van der Waals surface area contributed by atoms with Crippen LogP contribution < -0.4 is 21.5 Å². The van der Waals surface area contributed by atoms with Crippen LogP contribution in [-0.4, -0.2) is 15.1 Å². The van der Waals surface area contributed by atoms with Crippen LogP contribution in [0.4, 0.5) is 0 Å². The molecular formula is C2H5IN2O3-2. The number of rotatable bonds is 4. The number of halogens is 1. The van der Waals surface area contributed by atoms with Crippen molar-refractivity contribution in [1.82, 2.24) is 3.44 Å². The van der Waals surface area contributed by atoms with Gasteiger partial charge < -0.3 is 0 Å². The van der Waals surface area contributed by atoms with Crippen molar-refractivity contribution in [2.75, 3.05) is 11.7 Å². The van der Waals surface area contributed by atoms with E-state index in [1.165, 1.54) is 7.11 Å². The number of alkyl halides is 1. The van der Waals surface area contributed by atoms with Crippen LogP contribution in [0.15, 0.2) is 5.18 Å². The van der Waals surface area contributed by atoms with E-state index in [0.717, 1.165) is 0 Å². The summed E-state index contributed by atoms with van der Waals surface area (Å²) in [4.78, 5) is 13.6. The summed E-state index contributed by atoms with van der Waals surface area (Å²) in [5, 5.41) is 12.6. The molecule has 0 amide bonds. The van der Waals surface area contributed by atoms with Crippen LogP contribution >= 0.6 is 0 Å². The van der Waals surface area contributed by atoms with Gasteiger partial charge in [-0.2, -0.15) is 0 Å². The zero-order valence-electron chi connectivity index (χ0n) is 4.20. The molecule has 0 aromatic carbocycles. The maximum absolute atomic E-state index is 10.1. The molecular weight excluding hydrogens is 227 g/mol. The molecule has 0 aliphatic carbocycles. The Kier molecular flexibility index (Phi) is 5.49. The Hall–Kier alpha value is 0.210. The van der Waals surface area contributed by atoms with E-state index in [1.54, 1.807) is 0 Å². The normalized spacial score (nSPS) is 10.4. The van der Waals surface area contributed by atoms with Gasteiger partial charge in [0.1, 0.15) is 0 Å². The molecule has 0 unspecified atom stereocenters. The van der Waals surface area contributed by atoms with Crippen LogP contribution in [0.2, 0.25) is 0 Å². The first-order valence-corrected chi connectivity index (χ1v) is 4.20. The summed E-state index contributed by atoms with van der Waals surface area (Å²) in [6.45, 7) is 0. The molecule has 0 aromatic rings. The molecule has 0 radical (unpaired) electrons. The first kappa shape index (κ1) is 8.21. The van der Waals surface area contributed by atoms with E-state index in [0.29, 0.717) is 3.44 Å². The molecule has 50 valence electrons. The zero-order valence-corrected chi connectivity index (χ0v) is 6.36.